The molecule has 2 N–H and O–H groups in total. The molecule has 0 aliphatic carbocycles. The number of benzene rings is 2. The van der Waals surface area contributed by atoms with Crippen molar-refractivity contribution in [3.8, 4) is 11.8 Å². The Morgan fingerprint density at radius 2 is 1.69 bits per heavy atom. The molecule has 3 aromatic rings. The molecular weight excluding hydrogens is 460 g/mol. The summed E-state index contributed by atoms with van der Waals surface area (Å²) in [6.07, 6.45) is 0. The third kappa shape index (κ3) is 3.88. The standard InChI is InChI=1S/C27H24N4O5/c1-15-10-11-17-19(12-13-20(34-2)23(17)30-15)31-24(27(33)36-4)22(26(32)35-3)21(18(14-28)25(31)29)16-8-6-5-7-9-16/h5-13,21H,29H2,1-4H3. The maximum atomic E-state index is 13.3. The fourth-order valence-electron chi connectivity index (χ4n) is 4.40. The number of allylic oxidation sites excluding steroid dienone is 1. The molecule has 1 aliphatic rings. The summed E-state index contributed by atoms with van der Waals surface area (Å²) in [5.41, 5.74) is 8.76. The van der Waals surface area contributed by atoms with Crippen LogP contribution in [0.25, 0.3) is 10.9 Å². The lowest BCUT2D eigenvalue weighted by Gasteiger charge is -2.36. The largest absolute Gasteiger partial charge is 0.494 e. The zero-order chi connectivity index (χ0) is 26.0. The number of hydrogen-bond acceptors (Lipinski definition) is 9. The van der Waals surface area contributed by atoms with Crippen LogP contribution < -0.4 is 15.4 Å². The quantitative estimate of drug-likeness (QED) is 0.542. The first-order chi connectivity index (χ1) is 17.4. The SMILES string of the molecule is COC(=O)C1=C(C(=O)OC)N(c2ccc(OC)c3nc(C)ccc23)C(N)=C(C#N)C1c1ccccc1. The topological polar surface area (TPSA) is 128 Å². The maximum absolute atomic E-state index is 13.3. The van der Waals surface area contributed by atoms with Crippen molar-refractivity contribution in [2.75, 3.05) is 26.2 Å². The predicted octanol–water partition coefficient (Wildman–Crippen LogP) is 3.45. The van der Waals surface area contributed by atoms with Crippen LogP contribution in [0.3, 0.4) is 0 Å². The zero-order valence-corrected chi connectivity index (χ0v) is 20.2. The number of aryl methyl sites for hydroxylation is 1. The summed E-state index contributed by atoms with van der Waals surface area (Å²) in [6, 6.07) is 18.0. The molecule has 182 valence electrons. The minimum atomic E-state index is -0.945. The number of aromatic nitrogens is 1. The van der Waals surface area contributed by atoms with E-state index in [1.54, 1.807) is 48.5 Å². The van der Waals surface area contributed by atoms with Crippen LogP contribution >= 0.6 is 0 Å². The molecule has 9 nitrogen and oxygen atoms in total. The van der Waals surface area contributed by atoms with E-state index in [4.69, 9.17) is 19.9 Å². The molecular formula is C27H24N4O5. The van der Waals surface area contributed by atoms with Gasteiger partial charge in [-0.05, 0) is 36.8 Å². The van der Waals surface area contributed by atoms with E-state index < -0.39 is 17.9 Å². The number of hydrogen-bond donors (Lipinski definition) is 1. The van der Waals surface area contributed by atoms with Crippen LogP contribution in [0.5, 0.6) is 5.75 Å². The van der Waals surface area contributed by atoms with E-state index in [0.717, 1.165) is 5.69 Å². The maximum Gasteiger partial charge on any atom is 0.355 e. The Morgan fingerprint density at radius 3 is 2.31 bits per heavy atom. The molecule has 0 saturated heterocycles. The molecule has 2 heterocycles. The first-order valence-electron chi connectivity index (χ1n) is 11.0. The van der Waals surface area contributed by atoms with Gasteiger partial charge in [-0.3, -0.25) is 4.90 Å². The van der Waals surface area contributed by atoms with Gasteiger partial charge in [0, 0.05) is 11.1 Å². The Morgan fingerprint density at radius 1 is 1.00 bits per heavy atom. The monoisotopic (exact) mass is 484 g/mol. The lowest BCUT2D eigenvalue weighted by Crippen LogP contribution is -2.40. The first kappa shape index (κ1) is 24.3. The van der Waals surface area contributed by atoms with Crippen LogP contribution in [0.1, 0.15) is 17.2 Å². The second-order valence-corrected chi connectivity index (χ2v) is 7.97. The van der Waals surface area contributed by atoms with Crippen molar-refractivity contribution in [3.63, 3.8) is 0 Å². The Bertz CT molecular complexity index is 1470. The molecule has 0 fully saturated rings. The van der Waals surface area contributed by atoms with Crippen molar-refractivity contribution in [1.29, 1.82) is 5.26 Å². The third-order valence-corrected chi connectivity index (χ3v) is 6.01. The molecule has 0 spiro atoms. The summed E-state index contributed by atoms with van der Waals surface area (Å²) in [4.78, 5) is 32.4. The lowest BCUT2D eigenvalue weighted by molar-refractivity contribution is -0.139. The average Bonchev–Trinajstić information content (AvgIpc) is 2.91. The van der Waals surface area contributed by atoms with E-state index in [-0.39, 0.29) is 22.7 Å². The van der Waals surface area contributed by atoms with E-state index in [1.165, 1.54) is 26.2 Å². The van der Waals surface area contributed by atoms with Crippen LogP contribution in [-0.4, -0.2) is 38.3 Å². The lowest BCUT2D eigenvalue weighted by atomic mass is 9.81. The van der Waals surface area contributed by atoms with Gasteiger partial charge in [-0.2, -0.15) is 5.26 Å². The number of anilines is 1. The number of ether oxygens (including phenoxy) is 3. The molecule has 1 atom stereocenters. The molecule has 1 aliphatic heterocycles. The summed E-state index contributed by atoms with van der Waals surface area (Å²) in [7, 11) is 3.94. The number of carbonyl (C=O) groups is 2. The molecule has 1 unspecified atom stereocenters. The van der Waals surface area contributed by atoms with E-state index in [1.807, 2.05) is 13.0 Å². The zero-order valence-electron chi connectivity index (χ0n) is 20.2. The van der Waals surface area contributed by atoms with Gasteiger partial charge in [0.25, 0.3) is 0 Å². The predicted molar refractivity (Wildman–Crippen MR) is 133 cm³/mol. The number of methoxy groups -OCH3 is 3. The highest BCUT2D eigenvalue weighted by Gasteiger charge is 2.43. The highest BCUT2D eigenvalue weighted by molar-refractivity contribution is 6.09. The van der Waals surface area contributed by atoms with Gasteiger partial charge in [-0.1, -0.05) is 30.3 Å². The van der Waals surface area contributed by atoms with Crippen LogP contribution in [-0.2, 0) is 19.1 Å². The molecule has 2 aromatic carbocycles. The molecule has 0 amide bonds. The fourth-order valence-corrected chi connectivity index (χ4v) is 4.40. The molecule has 9 heteroatoms. The number of fused-ring (bicyclic) bond motifs is 1. The average molecular weight is 485 g/mol. The highest BCUT2D eigenvalue weighted by Crippen LogP contribution is 2.45. The van der Waals surface area contributed by atoms with E-state index >= 15 is 0 Å². The normalized spacial score (nSPS) is 15.5. The Hall–Kier alpha value is -4.84. The van der Waals surface area contributed by atoms with Crippen molar-refractivity contribution in [2.45, 2.75) is 12.8 Å². The van der Waals surface area contributed by atoms with E-state index in [2.05, 4.69) is 11.1 Å². The number of nitrogens with zero attached hydrogens (tertiary/aromatic N) is 3. The molecule has 4 rings (SSSR count). The molecule has 0 bridgehead atoms. The Labute approximate surface area is 208 Å². The summed E-state index contributed by atoms with van der Waals surface area (Å²) < 4.78 is 15.7. The summed E-state index contributed by atoms with van der Waals surface area (Å²) >= 11 is 0. The van der Waals surface area contributed by atoms with Crippen molar-refractivity contribution >= 4 is 28.5 Å². The number of pyridine rings is 1. The van der Waals surface area contributed by atoms with E-state index in [0.29, 0.717) is 27.9 Å². The number of carbonyl (C=O) groups excluding carboxylic acids is 2. The fraction of sp³-hybridized carbons (Fsp3) is 0.185. The molecule has 0 radical (unpaired) electrons. The van der Waals surface area contributed by atoms with Gasteiger partial charge >= 0.3 is 11.9 Å². The number of esters is 2. The minimum absolute atomic E-state index is 0.0218. The van der Waals surface area contributed by atoms with Crippen molar-refractivity contribution in [3.05, 3.63) is 88.5 Å². The molecule has 0 saturated carbocycles. The summed E-state index contributed by atoms with van der Waals surface area (Å²) in [5.74, 6) is -2.07. The van der Waals surface area contributed by atoms with Gasteiger partial charge < -0.3 is 19.9 Å². The van der Waals surface area contributed by atoms with Crippen molar-refractivity contribution < 1.29 is 23.8 Å². The van der Waals surface area contributed by atoms with Gasteiger partial charge in [0.2, 0.25) is 0 Å². The summed E-state index contributed by atoms with van der Waals surface area (Å²) in [6.45, 7) is 1.84. The Kier molecular flexibility index (Phi) is 6.61. The Balaban J connectivity index is 2.13. The second kappa shape index (κ2) is 9.80. The van der Waals surface area contributed by atoms with Crippen LogP contribution in [0.15, 0.2) is 77.3 Å². The minimum Gasteiger partial charge on any atom is -0.494 e. The van der Waals surface area contributed by atoms with Crippen LogP contribution in [0.4, 0.5) is 5.69 Å². The summed E-state index contributed by atoms with van der Waals surface area (Å²) in [5, 5.41) is 10.8. The number of nitriles is 1. The second-order valence-electron chi connectivity index (χ2n) is 7.97. The van der Waals surface area contributed by atoms with E-state index in [9.17, 15) is 14.9 Å². The molecule has 36 heavy (non-hydrogen) atoms. The number of rotatable bonds is 5. The van der Waals surface area contributed by atoms with Crippen molar-refractivity contribution in [2.24, 2.45) is 5.73 Å². The van der Waals surface area contributed by atoms with Gasteiger partial charge in [-0.25, -0.2) is 14.6 Å². The van der Waals surface area contributed by atoms with Crippen LogP contribution in [0, 0.1) is 18.3 Å². The third-order valence-electron chi connectivity index (χ3n) is 6.01. The smallest absolute Gasteiger partial charge is 0.355 e. The first-order valence-corrected chi connectivity index (χ1v) is 11.0. The van der Waals surface area contributed by atoms with Gasteiger partial charge in [0.1, 0.15) is 22.8 Å². The highest BCUT2D eigenvalue weighted by atomic mass is 16.5. The van der Waals surface area contributed by atoms with Gasteiger partial charge in [0.05, 0.1) is 50.2 Å². The van der Waals surface area contributed by atoms with Gasteiger partial charge in [-0.15, -0.1) is 0 Å². The number of nitrogens with two attached hydrogens (primary N) is 1. The van der Waals surface area contributed by atoms with Crippen molar-refractivity contribution in [1.82, 2.24) is 4.98 Å². The van der Waals surface area contributed by atoms with Crippen LogP contribution in [0.2, 0.25) is 0 Å². The van der Waals surface area contributed by atoms with Gasteiger partial charge in [0.15, 0.2) is 0 Å². The molecule has 1 aromatic heterocycles.